The predicted molar refractivity (Wildman–Crippen MR) is 357 cm³/mol. The maximum atomic E-state index is 15.0. The Balaban J connectivity index is 0.904. The first-order chi connectivity index (χ1) is 49.8. The van der Waals surface area contributed by atoms with Crippen LogP contribution >= 0.6 is 0 Å². The third-order valence-corrected chi connectivity index (χ3v) is 18.6. The lowest BCUT2D eigenvalue weighted by Crippen LogP contribution is -2.69. The lowest BCUT2D eigenvalue weighted by molar-refractivity contribution is -0.355. The van der Waals surface area contributed by atoms with E-state index in [9.17, 15) is 85.6 Å². The highest BCUT2D eigenvalue weighted by Crippen LogP contribution is 2.35. The van der Waals surface area contributed by atoms with E-state index in [0.29, 0.717) is 22.6 Å². The summed E-state index contributed by atoms with van der Waals surface area (Å²) in [6.45, 7) is -2.57. The Morgan fingerprint density at radius 1 is 0.635 bits per heavy atom. The van der Waals surface area contributed by atoms with Gasteiger partial charge in [0.2, 0.25) is 36.2 Å². The first-order valence-corrected chi connectivity index (χ1v) is 33.3. The number of nitrogens with one attached hydrogen (secondary N) is 9. The van der Waals surface area contributed by atoms with Crippen molar-refractivity contribution in [3.05, 3.63) is 125 Å². The second-order valence-corrected chi connectivity index (χ2v) is 25.5. The van der Waals surface area contributed by atoms with Crippen LogP contribution in [0.25, 0.3) is 0 Å². The van der Waals surface area contributed by atoms with Crippen molar-refractivity contribution in [1.29, 1.82) is 10.8 Å². The van der Waals surface area contributed by atoms with Crippen LogP contribution in [0.2, 0.25) is 0 Å². The third-order valence-electron chi connectivity index (χ3n) is 18.6. The van der Waals surface area contributed by atoms with Crippen LogP contribution in [0.5, 0.6) is 17.2 Å². The molecule has 4 amide bonds. The number of methoxy groups -OCH3 is 1. The lowest BCUT2D eigenvalue weighted by atomic mass is 9.93. The van der Waals surface area contributed by atoms with Crippen molar-refractivity contribution in [3.63, 3.8) is 0 Å². The van der Waals surface area contributed by atoms with E-state index in [1.165, 1.54) is 37.7 Å². The number of guanidine groups is 2. The molecule has 5 aliphatic rings. The molecule has 0 bridgehead atoms. The third kappa shape index (κ3) is 18.8. The molecule has 5 heterocycles. The molecule has 0 aromatic heterocycles. The minimum atomic E-state index is -2.30. The molecule has 5 fully saturated rings. The van der Waals surface area contributed by atoms with E-state index in [4.69, 9.17) is 54.4 Å². The molecule has 0 saturated carbocycles. The highest BCUT2D eigenvalue weighted by Gasteiger charge is 2.55. The summed E-state index contributed by atoms with van der Waals surface area (Å²) in [6.07, 6.45) is -29.6. The fourth-order valence-electron chi connectivity index (χ4n) is 12.6. The number of hydrogen-bond acceptors (Lipinski definition) is 29. The van der Waals surface area contributed by atoms with E-state index in [1.54, 1.807) is 55.5 Å². The maximum Gasteiger partial charge on any atom is 0.246 e. The molecular weight excluding hydrogens is 1370 g/mol. The van der Waals surface area contributed by atoms with E-state index in [-0.39, 0.29) is 37.0 Å². The largest absolute Gasteiger partial charge is 0.493 e. The molecule has 569 valence electrons. The summed E-state index contributed by atoms with van der Waals surface area (Å²) in [6, 6.07) is 16.2. The van der Waals surface area contributed by atoms with E-state index in [1.807, 2.05) is 30.3 Å². The van der Waals surface area contributed by atoms with Gasteiger partial charge in [-0.3, -0.25) is 34.8 Å². The second kappa shape index (κ2) is 36.5. The summed E-state index contributed by atoms with van der Waals surface area (Å²) in [5.41, 5.74) is 8.88. The molecule has 25 unspecified atom stereocenters. The molecule has 0 spiro atoms. The van der Waals surface area contributed by atoms with Crippen molar-refractivity contribution in [3.8, 4) is 17.2 Å². The van der Waals surface area contributed by atoms with Crippen LogP contribution < -0.4 is 57.2 Å². The highest BCUT2D eigenvalue weighted by atomic mass is 16.7. The monoisotopic (exact) mass is 1460 g/mol. The van der Waals surface area contributed by atoms with Crippen LogP contribution in [-0.2, 0) is 67.3 Å². The van der Waals surface area contributed by atoms with Crippen molar-refractivity contribution in [2.45, 2.75) is 179 Å². The van der Waals surface area contributed by atoms with E-state index < -0.39 is 221 Å². The Kier molecular flexibility index (Phi) is 28.0. The Bertz CT molecular complexity index is 3510. The van der Waals surface area contributed by atoms with Gasteiger partial charge < -0.3 is 152 Å². The van der Waals surface area contributed by atoms with Gasteiger partial charge >= 0.3 is 0 Å². The molecule has 4 aromatic rings. The SMILES string of the molecule is COc1ccc(COC2C(CO)OC(OC3C(CO)OC(Oc4ccc(CC(NC(=O)C(N)C(C)c5ccccc5)C(=O)NC(C(=O)NC(C(=O)NC([C]=O)CO)C(O)C5CNC(=N)N5C5OC(CO)C(O)C(O)C5O)C(O)C5CNC(=N)N5)cc4)C(O)C3O)C(O)C2O)cc1OCc1ccccc1. The molecule has 104 heavy (non-hydrogen) atoms. The van der Waals surface area contributed by atoms with Gasteiger partial charge in [0, 0.05) is 25.4 Å². The van der Waals surface area contributed by atoms with Gasteiger partial charge in [0.1, 0.15) is 122 Å². The van der Waals surface area contributed by atoms with Gasteiger partial charge in [-0.1, -0.05) is 85.8 Å². The summed E-state index contributed by atoms with van der Waals surface area (Å²) in [4.78, 5) is 71.1. The summed E-state index contributed by atoms with van der Waals surface area (Å²) < 4.78 is 46.7. The molecule has 4 aromatic carbocycles. The summed E-state index contributed by atoms with van der Waals surface area (Å²) >= 11 is 0. The molecule has 5 saturated heterocycles. The van der Waals surface area contributed by atoms with Crippen molar-refractivity contribution < 1.29 is 128 Å². The van der Waals surface area contributed by atoms with Crippen molar-refractivity contribution in [2.75, 3.05) is 46.6 Å². The molecule has 1 radical (unpaired) electrons. The Labute approximate surface area is 595 Å². The fraction of sp³-hybridized carbons (Fsp3) is 0.537. The molecule has 5 aliphatic heterocycles. The number of aliphatic hydroxyl groups excluding tert-OH is 13. The predicted octanol–water partition coefficient (Wildman–Crippen LogP) is -8.56. The van der Waals surface area contributed by atoms with E-state index in [2.05, 4.69) is 37.2 Å². The maximum absolute atomic E-state index is 15.0. The van der Waals surface area contributed by atoms with Crippen LogP contribution in [0.4, 0.5) is 0 Å². The number of nitrogens with zero attached hydrogens (tertiary/aromatic N) is 1. The number of carbonyl (C=O) groups is 4. The van der Waals surface area contributed by atoms with Crippen LogP contribution in [0.3, 0.4) is 0 Å². The summed E-state index contributed by atoms with van der Waals surface area (Å²) in [5, 5.41) is 177. The molecule has 24 N–H and O–H groups in total. The van der Waals surface area contributed by atoms with Gasteiger partial charge in [-0.05, 0) is 46.5 Å². The lowest BCUT2D eigenvalue weighted by Gasteiger charge is -2.46. The standard InChI is InChI=1S/C67H90N11O26/c1-30(34-11-7-4-8-12-34)45(68)60(94)74-37(59(93)76-46(48(84)38-21-71-66(69)75-38)62(96)77-47(61(95)73-35(23-79)24-80)49(85)39-22-72-67(70)78(39)63-54(90)51(87)50(86)42(25-81)101-63)19-31-13-16-36(17-14-31)100-64-56(92)53(89)58(44(27-83)103-64)104-65-55(91)52(88)57(43(26-82)102-65)99-29-33-15-18-40(97-2)41(20-33)98-28-32-9-5-3-6-10-32/h3-18,20,30,35,37-39,42-58,63-65,79,81-92H,19,21-23,25-29,68H2,1-2H3,(H2,70,72)(H,73,95)(H,74,94)(H,76,93)(H,77,96)(H3,69,71,75). The number of benzene rings is 4. The van der Waals surface area contributed by atoms with Gasteiger partial charge in [-0.15, -0.1) is 0 Å². The molecule has 37 heteroatoms. The zero-order valence-electron chi connectivity index (χ0n) is 56.3. The number of ether oxygens (including phenoxy) is 8. The Morgan fingerprint density at radius 2 is 1.24 bits per heavy atom. The number of hydrogen-bond donors (Lipinski definition) is 23. The first kappa shape index (κ1) is 79.7. The van der Waals surface area contributed by atoms with Gasteiger partial charge in [0.05, 0.1) is 58.3 Å². The molecule has 25 atom stereocenters. The Hall–Kier alpha value is -8.39. The van der Waals surface area contributed by atoms with Crippen LogP contribution in [0.1, 0.15) is 35.1 Å². The highest BCUT2D eigenvalue weighted by molar-refractivity contribution is 5.96. The number of nitrogens with two attached hydrogens (primary N) is 1. The van der Waals surface area contributed by atoms with Gasteiger partial charge in [-0.25, -0.2) is 0 Å². The number of aliphatic hydroxyl groups is 13. The topological polar surface area (TPSA) is 583 Å². The van der Waals surface area contributed by atoms with Crippen molar-refractivity contribution in [2.24, 2.45) is 5.73 Å². The molecular formula is C67H90N11O26. The van der Waals surface area contributed by atoms with Crippen molar-refractivity contribution >= 4 is 41.8 Å². The fourth-order valence-corrected chi connectivity index (χ4v) is 12.6. The number of rotatable bonds is 33. The minimum absolute atomic E-state index is 0.0527. The zero-order valence-corrected chi connectivity index (χ0v) is 56.3. The normalized spacial score (nSPS) is 29.9. The van der Waals surface area contributed by atoms with Crippen LogP contribution in [0, 0.1) is 10.8 Å². The summed E-state index contributed by atoms with van der Waals surface area (Å²) in [7, 11) is 1.48. The number of carbonyl (C=O) groups excluding carboxylic acids is 5. The average Bonchev–Trinajstić information content (AvgIpc) is 1.43. The van der Waals surface area contributed by atoms with Gasteiger partial charge in [-0.2, -0.15) is 0 Å². The Morgan fingerprint density at radius 3 is 1.88 bits per heavy atom. The van der Waals surface area contributed by atoms with E-state index in [0.717, 1.165) is 10.5 Å². The molecule has 37 nitrogen and oxygen atoms in total. The van der Waals surface area contributed by atoms with Crippen LogP contribution in [-0.4, -0.2) is 306 Å². The van der Waals surface area contributed by atoms with Gasteiger partial charge in [0.25, 0.3) is 0 Å². The minimum Gasteiger partial charge on any atom is -0.493 e. The average molecular weight is 1470 g/mol. The smallest absolute Gasteiger partial charge is 0.246 e. The van der Waals surface area contributed by atoms with Gasteiger partial charge in [0.15, 0.2) is 35.9 Å². The second-order valence-electron chi connectivity index (χ2n) is 25.5. The summed E-state index contributed by atoms with van der Waals surface area (Å²) in [5.74, 6) is -5.74. The van der Waals surface area contributed by atoms with Crippen molar-refractivity contribution in [1.82, 2.24) is 42.1 Å². The zero-order chi connectivity index (χ0) is 75.2. The quantitative estimate of drug-likeness (QED) is 0.0211. The number of amides is 4. The first-order valence-electron chi connectivity index (χ1n) is 33.3. The van der Waals surface area contributed by atoms with Crippen LogP contribution in [0.15, 0.2) is 103 Å². The molecule has 0 aliphatic carbocycles. The van der Waals surface area contributed by atoms with E-state index >= 15 is 4.79 Å². The molecule has 9 rings (SSSR count).